The zero-order valence-electron chi connectivity index (χ0n) is 14.2. The van der Waals surface area contributed by atoms with Crippen molar-refractivity contribution in [2.24, 2.45) is 5.92 Å². The molecule has 7 nitrogen and oxygen atoms in total. The summed E-state index contributed by atoms with van der Waals surface area (Å²) in [6.45, 7) is 6.55. The van der Waals surface area contributed by atoms with E-state index in [2.05, 4.69) is 29.2 Å². The van der Waals surface area contributed by atoms with E-state index in [0.29, 0.717) is 24.6 Å². The lowest BCUT2D eigenvalue weighted by molar-refractivity contribution is -0.118. The molecule has 0 saturated heterocycles. The largest absolute Gasteiger partial charge is 0.454 e. The van der Waals surface area contributed by atoms with Crippen molar-refractivity contribution in [2.45, 2.75) is 33.6 Å². The topological polar surface area (TPSA) is 78.3 Å². The Morgan fingerprint density at radius 3 is 2.88 bits per heavy atom. The smallest absolute Gasteiger partial charge is 0.231 e. The van der Waals surface area contributed by atoms with E-state index in [0.717, 1.165) is 29.5 Å². The average molecular weight is 330 g/mol. The summed E-state index contributed by atoms with van der Waals surface area (Å²) in [5, 5.41) is 7.44. The van der Waals surface area contributed by atoms with Crippen LogP contribution in [0.3, 0.4) is 0 Å². The first-order chi connectivity index (χ1) is 11.5. The first-order valence-electron chi connectivity index (χ1n) is 8.12. The highest BCUT2D eigenvalue weighted by atomic mass is 16.7. The third kappa shape index (κ3) is 3.67. The number of nitrogens with one attached hydrogen (secondary N) is 1. The van der Waals surface area contributed by atoms with Crippen molar-refractivity contribution in [3.63, 3.8) is 0 Å². The van der Waals surface area contributed by atoms with Crippen molar-refractivity contribution >= 4 is 5.91 Å². The van der Waals surface area contributed by atoms with Crippen LogP contribution in [0.25, 0.3) is 5.69 Å². The van der Waals surface area contributed by atoms with Crippen molar-refractivity contribution in [1.29, 1.82) is 0 Å². The molecular formula is C17H22N4O3. The number of hydrogen-bond acceptors (Lipinski definition) is 5. The third-order valence-corrected chi connectivity index (χ3v) is 3.63. The van der Waals surface area contributed by atoms with Gasteiger partial charge in [-0.2, -0.15) is 5.10 Å². The molecule has 1 aromatic carbocycles. The van der Waals surface area contributed by atoms with Gasteiger partial charge in [0.05, 0.1) is 5.69 Å². The number of hydrogen-bond donors (Lipinski definition) is 1. The van der Waals surface area contributed by atoms with Gasteiger partial charge in [0.15, 0.2) is 17.3 Å². The second kappa shape index (κ2) is 6.90. The highest BCUT2D eigenvalue weighted by molar-refractivity contribution is 5.72. The highest BCUT2D eigenvalue weighted by Gasteiger charge is 2.17. The molecule has 0 spiro atoms. The Labute approximate surface area is 141 Å². The van der Waals surface area contributed by atoms with Crippen LogP contribution >= 0.6 is 0 Å². The van der Waals surface area contributed by atoms with Crippen LogP contribution in [-0.4, -0.2) is 34.0 Å². The molecule has 0 aliphatic carbocycles. The zero-order chi connectivity index (χ0) is 17.1. The van der Waals surface area contributed by atoms with E-state index in [1.165, 1.54) is 6.92 Å². The van der Waals surface area contributed by atoms with E-state index in [9.17, 15) is 4.79 Å². The molecule has 24 heavy (non-hydrogen) atoms. The number of aromatic nitrogens is 3. The number of benzene rings is 1. The van der Waals surface area contributed by atoms with E-state index in [-0.39, 0.29) is 12.7 Å². The molecule has 0 bridgehead atoms. The van der Waals surface area contributed by atoms with Gasteiger partial charge < -0.3 is 14.8 Å². The molecule has 2 heterocycles. The van der Waals surface area contributed by atoms with Gasteiger partial charge in [0.2, 0.25) is 12.7 Å². The Kier molecular flexibility index (Phi) is 4.69. The van der Waals surface area contributed by atoms with Gasteiger partial charge in [-0.1, -0.05) is 13.8 Å². The normalized spacial score (nSPS) is 12.7. The van der Waals surface area contributed by atoms with Gasteiger partial charge in [0.1, 0.15) is 5.82 Å². The van der Waals surface area contributed by atoms with Gasteiger partial charge >= 0.3 is 0 Å². The molecule has 7 heteroatoms. The molecule has 1 aromatic heterocycles. The minimum atomic E-state index is -0.0495. The van der Waals surface area contributed by atoms with E-state index in [1.54, 1.807) is 0 Å². The van der Waals surface area contributed by atoms with Gasteiger partial charge in [0, 0.05) is 32.4 Å². The van der Waals surface area contributed by atoms with Crippen LogP contribution in [0.2, 0.25) is 0 Å². The van der Waals surface area contributed by atoms with Crippen molar-refractivity contribution in [3.05, 3.63) is 29.8 Å². The fourth-order valence-electron chi connectivity index (χ4n) is 2.58. The lowest BCUT2D eigenvalue weighted by Gasteiger charge is -2.07. The predicted octanol–water partition coefficient (Wildman–Crippen LogP) is 1.87. The lowest BCUT2D eigenvalue weighted by atomic mass is 10.1. The summed E-state index contributed by atoms with van der Waals surface area (Å²) in [7, 11) is 0. The molecule has 0 fully saturated rings. The van der Waals surface area contributed by atoms with Crippen LogP contribution in [0.4, 0.5) is 0 Å². The summed E-state index contributed by atoms with van der Waals surface area (Å²) < 4.78 is 12.6. The van der Waals surface area contributed by atoms with Crippen LogP contribution < -0.4 is 14.8 Å². The first kappa shape index (κ1) is 16.3. The maximum Gasteiger partial charge on any atom is 0.231 e. The number of ether oxygens (including phenoxy) is 2. The second-order valence-corrected chi connectivity index (χ2v) is 6.22. The first-order valence-corrected chi connectivity index (χ1v) is 8.12. The van der Waals surface area contributed by atoms with Crippen LogP contribution in [0.5, 0.6) is 11.5 Å². The number of amides is 1. The number of rotatable bonds is 6. The monoisotopic (exact) mass is 330 g/mol. The quantitative estimate of drug-likeness (QED) is 0.875. The average Bonchev–Trinajstić information content (AvgIpc) is 3.12. The Hall–Kier alpha value is -2.57. The van der Waals surface area contributed by atoms with E-state index < -0.39 is 0 Å². The maximum absolute atomic E-state index is 11.1. The number of nitrogens with zero attached hydrogens (tertiary/aromatic N) is 3. The molecule has 0 saturated carbocycles. The van der Waals surface area contributed by atoms with Crippen molar-refractivity contribution in [2.75, 3.05) is 13.3 Å². The molecule has 1 aliphatic rings. The Morgan fingerprint density at radius 2 is 2.12 bits per heavy atom. The SMILES string of the molecule is CC(=O)NCCc1nc(CC(C)C)nn1-c1ccc2c(c1)OCO2. The summed E-state index contributed by atoms with van der Waals surface area (Å²) in [5.41, 5.74) is 0.875. The van der Waals surface area contributed by atoms with Crippen LogP contribution in [0, 0.1) is 5.92 Å². The van der Waals surface area contributed by atoms with Gasteiger partial charge in [-0.05, 0) is 18.1 Å². The maximum atomic E-state index is 11.1. The molecule has 0 radical (unpaired) electrons. The van der Waals surface area contributed by atoms with Gasteiger partial charge in [-0.3, -0.25) is 4.79 Å². The number of carbonyl (C=O) groups excluding carboxylic acids is 1. The molecular weight excluding hydrogens is 308 g/mol. The lowest BCUT2D eigenvalue weighted by Crippen LogP contribution is -2.23. The number of carbonyl (C=O) groups is 1. The highest BCUT2D eigenvalue weighted by Crippen LogP contribution is 2.33. The molecule has 1 N–H and O–H groups in total. The minimum absolute atomic E-state index is 0.0495. The summed E-state index contributed by atoms with van der Waals surface area (Å²) in [6, 6.07) is 5.71. The Balaban J connectivity index is 1.88. The Bertz CT molecular complexity index is 739. The van der Waals surface area contributed by atoms with Crippen LogP contribution in [-0.2, 0) is 17.6 Å². The van der Waals surface area contributed by atoms with E-state index in [4.69, 9.17) is 9.47 Å². The fourth-order valence-corrected chi connectivity index (χ4v) is 2.58. The molecule has 0 atom stereocenters. The van der Waals surface area contributed by atoms with Crippen molar-refractivity contribution in [3.8, 4) is 17.2 Å². The standard InChI is InChI=1S/C17H22N4O3/c1-11(2)8-16-19-17(6-7-18-12(3)22)21(20-16)13-4-5-14-15(9-13)24-10-23-14/h4-5,9,11H,6-8,10H2,1-3H3,(H,18,22). The number of fused-ring (bicyclic) bond motifs is 1. The zero-order valence-corrected chi connectivity index (χ0v) is 14.2. The van der Waals surface area contributed by atoms with Gasteiger partial charge in [0.25, 0.3) is 0 Å². The van der Waals surface area contributed by atoms with Crippen LogP contribution in [0.15, 0.2) is 18.2 Å². The van der Waals surface area contributed by atoms with Crippen LogP contribution in [0.1, 0.15) is 32.4 Å². The minimum Gasteiger partial charge on any atom is -0.454 e. The van der Waals surface area contributed by atoms with Crippen molar-refractivity contribution < 1.29 is 14.3 Å². The van der Waals surface area contributed by atoms with Gasteiger partial charge in [-0.15, -0.1) is 0 Å². The van der Waals surface area contributed by atoms with Gasteiger partial charge in [-0.25, -0.2) is 9.67 Å². The second-order valence-electron chi connectivity index (χ2n) is 6.22. The fraction of sp³-hybridized carbons (Fsp3) is 0.471. The molecule has 128 valence electrons. The predicted molar refractivity (Wildman–Crippen MR) is 88.4 cm³/mol. The molecule has 2 aromatic rings. The summed E-state index contributed by atoms with van der Waals surface area (Å²) >= 11 is 0. The molecule has 0 unspecified atom stereocenters. The molecule has 3 rings (SSSR count). The summed E-state index contributed by atoms with van der Waals surface area (Å²) in [6.07, 6.45) is 1.42. The molecule has 1 aliphatic heterocycles. The summed E-state index contributed by atoms with van der Waals surface area (Å²) in [4.78, 5) is 15.7. The molecule has 1 amide bonds. The summed E-state index contributed by atoms with van der Waals surface area (Å²) in [5.74, 6) is 3.49. The van der Waals surface area contributed by atoms with Crippen molar-refractivity contribution in [1.82, 2.24) is 20.1 Å². The third-order valence-electron chi connectivity index (χ3n) is 3.63. The van der Waals surface area contributed by atoms with E-state index >= 15 is 0 Å². The van der Waals surface area contributed by atoms with E-state index in [1.807, 2.05) is 22.9 Å². The Morgan fingerprint density at radius 1 is 1.33 bits per heavy atom.